The maximum atomic E-state index is 12.1. The fourth-order valence-electron chi connectivity index (χ4n) is 2.20. The molecule has 6 heteroatoms. The Morgan fingerprint density at radius 2 is 1.76 bits per heavy atom. The van der Waals surface area contributed by atoms with Crippen molar-refractivity contribution in [2.24, 2.45) is 0 Å². The lowest BCUT2D eigenvalue weighted by Crippen LogP contribution is -2.34. The molecule has 21 heavy (non-hydrogen) atoms. The zero-order valence-electron chi connectivity index (χ0n) is 12.2. The van der Waals surface area contributed by atoms with Gasteiger partial charge in [0.1, 0.15) is 5.75 Å². The van der Waals surface area contributed by atoms with E-state index in [-0.39, 0.29) is 43.5 Å². The van der Waals surface area contributed by atoms with Crippen LogP contribution < -0.4 is 9.64 Å². The van der Waals surface area contributed by atoms with E-state index in [1.807, 2.05) is 0 Å². The van der Waals surface area contributed by atoms with Crippen molar-refractivity contribution < 1.29 is 19.1 Å². The Kier molecular flexibility index (Phi) is 4.57. The average molecular weight is 290 g/mol. The molecule has 0 spiro atoms. The van der Waals surface area contributed by atoms with Crippen LogP contribution in [0.25, 0.3) is 0 Å². The van der Waals surface area contributed by atoms with E-state index in [1.165, 1.54) is 9.80 Å². The number of rotatable bonds is 5. The van der Waals surface area contributed by atoms with Gasteiger partial charge in [0.05, 0.1) is 7.11 Å². The van der Waals surface area contributed by atoms with Gasteiger partial charge in [0, 0.05) is 38.5 Å². The molecule has 0 aromatic heterocycles. The number of nitrogens with zero attached hydrogens (tertiary/aromatic N) is 2. The third kappa shape index (κ3) is 3.39. The predicted octanol–water partition coefficient (Wildman–Crippen LogP) is 1.20. The Hall–Kier alpha value is -2.37. The highest BCUT2D eigenvalue weighted by atomic mass is 16.5. The van der Waals surface area contributed by atoms with E-state index in [0.717, 1.165) is 5.69 Å². The zero-order chi connectivity index (χ0) is 15.4. The van der Waals surface area contributed by atoms with Crippen LogP contribution in [0.5, 0.6) is 5.75 Å². The molecule has 0 bridgehead atoms. The van der Waals surface area contributed by atoms with Crippen molar-refractivity contribution in [3.63, 3.8) is 0 Å². The minimum atomic E-state index is -0.195. The largest absolute Gasteiger partial charge is 0.497 e. The van der Waals surface area contributed by atoms with Crippen molar-refractivity contribution in [1.29, 1.82) is 0 Å². The van der Waals surface area contributed by atoms with E-state index in [1.54, 1.807) is 38.4 Å². The molecular formula is C15H18N2O4. The van der Waals surface area contributed by atoms with Gasteiger partial charge in [-0.1, -0.05) is 0 Å². The number of carbonyl (C=O) groups is 3. The van der Waals surface area contributed by atoms with Gasteiger partial charge in [-0.2, -0.15) is 0 Å². The van der Waals surface area contributed by atoms with Crippen LogP contribution in [0, 0.1) is 0 Å². The summed E-state index contributed by atoms with van der Waals surface area (Å²) in [4.78, 5) is 37.7. The summed E-state index contributed by atoms with van der Waals surface area (Å²) in [6.07, 6.45) is 0.628. The number of carbonyl (C=O) groups excluding carboxylic acids is 3. The normalized spacial score (nSPS) is 14.5. The smallest absolute Gasteiger partial charge is 0.229 e. The van der Waals surface area contributed by atoms with Gasteiger partial charge in [0.2, 0.25) is 17.7 Å². The van der Waals surface area contributed by atoms with E-state index in [9.17, 15) is 14.4 Å². The van der Waals surface area contributed by atoms with E-state index < -0.39 is 0 Å². The minimum absolute atomic E-state index is 0.125. The molecule has 2 rings (SSSR count). The number of anilines is 1. The minimum Gasteiger partial charge on any atom is -0.497 e. The molecule has 0 unspecified atom stereocenters. The Bertz CT molecular complexity index is 537. The fraction of sp³-hybridized carbons (Fsp3) is 0.400. The van der Waals surface area contributed by atoms with Gasteiger partial charge in [0.25, 0.3) is 0 Å². The second-order valence-electron chi connectivity index (χ2n) is 4.84. The molecule has 1 heterocycles. The van der Waals surface area contributed by atoms with Gasteiger partial charge < -0.3 is 9.64 Å². The van der Waals surface area contributed by atoms with Gasteiger partial charge in [-0.25, -0.2) is 0 Å². The number of likely N-dealkylation sites (tertiary alicyclic amines) is 1. The number of benzene rings is 1. The van der Waals surface area contributed by atoms with Crippen molar-refractivity contribution in [2.45, 2.75) is 19.3 Å². The molecule has 1 aliphatic heterocycles. The summed E-state index contributed by atoms with van der Waals surface area (Å²) >= 11 is 0. The second-order valence-corrected chi connectivity index (χ2v) is 4.84. The SMILES string of the molecule is COc1ccc(N(C)C(=O)CCN2C(=O)CCC2=O)cc1. The van der Waals surface area contributed by atoms with Crippen molar-refractivity contribution in [1.82, 2.24) is 4.90 Å². The van der Waals surface area contributed by atoms with Crippen LogP contribution >= 0.6 is 0 Å². The summed E-state index contributed by atoms with van der Waals surface area (Å²) in [5, 5.41) is 0. The predicted molar refractivity (Wildman–Crippen MR) is 77.0 cm³/mol. The van der Waals surface area contributed by atoms with Gasteiger partial charge >= 0.3 is 0 Å². The summed E-state index contributed by atoms with van der Waals surface area (Å²) in [6.45, 7) is 0.150. The molecule has 1 saturated heterocycles. The number of hydrogen-bond donors (Lipinski definition) is 0. The maximum absolute atomic E-state index is 12.1. The highest BCUT2D eigenvalue weighted by Crippen LogP contribution is 2.19. The number of imide groups is 1. The van der Waals surface area contributed by atoms with Crippen LogP contribution in [0.3, 0.4) is 0 Å². The van der Waals surface area contributed by atoms with Gasteiger partial charge in [-0.05, 0) is 24.3 Å². The van der Waals surface area contributed by atoms with Crippen LogP contribution in [0.2, 0.25) is 0 Å². The Morgan fingerprint density at radius 3 is 2.29 bits per heavy atom. The fourth-order valence-corrected chi connectivity index (χ4v) is 2.20. The first kappa shape index (κ1) is 15.0. The molecule has 0 aliphatic carbocycles. The Morgan fingerprint density at radius 1 is 1.19 bits per heavy atom. The lowest BCUT2D eigenvalue weighted by Gasteiger charge is -2.19. The summed E-state index contributed by atoms with van der Waals surface area (Å²) in [7, 11) is 3.24. The lowest BCUT2D eigenvalue weighted by atomic mass is 10.2. The summed E-state index contributed by atoms with van der Waals surface area (Å²) in [6, 6.07) is 7.10. The van der Waals surface area contributed by atoms with E-state index >= 15 is 0 Å². The molecule has 1 aromatic carbocycles. The van der Waals surface area contributed by atoms with Gasteiger partial charge in [0.15, 0.2) is 0 Å². The first-order chi connectivity index (χ1) is 10.0. The zero-order valence-corrected chi connectivity index (χ0v) is 12.2. The summed E-state index contributed by atoms with van der Waals surface area (Å²) in [5.74, 6) is 0.181. The first-order valence-electron chi connectivity index (χ1n) is 6.76. The number of methoxy groups -OCH3 is 1. The molecule has 0 saturated carbocycles. The van der Waals surface area contributed by atoms with E-state index in [0.29, 0.717) is 5.75 Å². The number of hydrogen-bond acceptors (Lipinski definition) is 4. The van der Waals surface area contributed by atoms with E-state index in [4.69, 9.17) is 4.74 Å². The molecule has 1 aliphatic rings. The van der Waals surface area contributed by atoms with Crippen LogP contribution in [0.1, 0.15) is 19.3 Å². The molecule has 1 aromatic rings. The van der Waals surface area contributed by atoms with Crippen LogP contribution in [0.4, 0.5) is 5.69 Å². The highest BCUT2D eigenvalue weighted by Gasteiger charge is 2.29. The third-order valence-electron chi connectivity index (χ3n) is 3.54. The number of ether oxygens (including phenoxy) is 1. The topological polar surface area (TPSA) is 66.9 Å². The van der Waals surface area contributed by atoms with Crippen molar-refractivity contribution in [3.05, 3.63) is 24.3 Å². The monoisotopic (exact) mass is 290 g/mol. The molecule has 0 atom stereocenters. The Balaban J connectivity index is 1.92. The molecule has 0 N–H and O–H groups in total. The van der Waals surface area contributed by atoms with Crippen molar-refractivity contribution >= 4 is 23.4 Å². The van der Waals surface area contributed by atoms with E-state index in [2.05, 4.69) is 0 Å². The molecule has 0 radical (unpaired) electrons. The number of amides is 3. The van der Waals surface area contributed by atoms with Crippen molar-refractivity contribution in [2.75, 3.05) is 25.6 Å². The standard InChI is InChI=1S/C15H18N2O4/c1-16(11-3-5-12(21-2)6-4-11)13(18)9-10-17-14(19)7-8-15(17)20/h3-6H,7-10H2,1-2H3. The maximum Gasteiger partial charge on any atom is 0.229 e. The quantitative estimate of drug-likeness (QED) is 0.764. The first-order valence-corrected chi connectivity index (χ1v) is 6.76. The molecule has 112 valence electrons. The summed E-state index contributed by atoms with van der Waals surface area (Å²) in [5.41, 5.74) is 0.736. The molecule has 3 amide bonds. The van der Waals surface area contributed by atoms with Gasteiger partial charge in [-0.15, -0.1) is 0 Å². The molecule has 6 nitrogen and oxygen atoms in total. The lowest BCUT2D eigenvalue weighted by molar-refractivity contribution is -0.138. The molecule has 1 fully saturated rings. The van der Waals surface area contributed by atoms with Crippen LogP contribution in [-0.2, 0) is 14.4 Å². The Labute approximate surface area is 123 Å². The summed E-state index contributed by atoms with van der Waals surface area (Å²) < 4.78 is 5.06. The van der Waals surface area contributed by atoms with Crippen LogP contribution in [-0.4, -0.2) is 43.3 Å². The third-order valence-corrected chi connectivity index (χ3v) is 3.54. The van der Waals surface area contributed by atoms with Crippen LogP contribution in [0.15, 0.2) is 24.3 Å². The van der Waals surface area contributed by atoms with Gasteiger partial charge in [-0.3, -0.25) is 19.3 Å². The second kappa shape index (κ2) is 6.39. The molecular weight excluding hydrogens is 272 g/mol. The average Bonchev–Trinajstić information content (AvgIpc) is 2.83. The highest BCUT2D eigenvalue weighted by molar-refractivity contribution is 6.02. The van der Waals surface area contributed by atoms with Crippen molar-refractivity contribution in [3.8, 4) is 5.75 Å².